The van der Waals surface area contributed by atoms with Gasteiger partial charge in [0.05, 0.1) is 0 Å². The van der Waals surface area contributed by atoms with Gasteiger partial charge in [-0.15, -0.1) is 0 Å². The maximum absolute atomic E-state index is 4.47. The number of benzene rings is 1. The van der Waals surface area contributed by atoms with E-state index in [1.165, 1.54) is 0 Å². The van der Waals surface area contributed by atoms with Crippen molar-refractivity contribution in [2.45, 2.75) is 6.54 Å². The minimum absolute atomic E-state index is 0.0139. The van der Waals surface area contributed by atoms with Gasteiger partial charge in [0, 0.05) is 0 Å². The zero-order valence-corrected chi connectivity index (χ0v) is 14.0. The molecule has 0 spiro atoms. The van der Waals surface area contributed by atoms with Gasteiger partial charge in [0.1, 0.15) is 0 Å². The Labute approximate surface area is 134 Å². The second kappa shape index (κ2) is 5.22. The molecule has 21 heavy (non-hydrogen) atoms. The third-order valence-electron chi connectivity index (χ3n) is 3.19. The van der Waals surface area contributed by atoms with Crippen LogP contribution in [-0.2, 0) is 6.54 Å². The molecule has 6 nitrogen and oxygen atoms in total. The minimum atomic E-state index is -0.0139. The molecule has 0 atom stereocenters. The third kappa shape index (κ3) is 2.35. The zero-order chi connectivity index (χ0) is 14.2. The first kappa shape index (κ1) is 12.9. The molecule has 1 aliphatic rings. The number of rotatable bonds is 3. The van der Waals surface area contributed by atoms with Crippen LogP contribution in [0.5, 0.6) is 0 Å². The zero-order valence-electron chi connectivity index (χ0n) is 10.7. The van der Waals surface area contributed by atoms with Crippen LogP contribution in [0.15, 0.2) is 49.3 Å². The Bertz CT molecular complexity index is 912. The molecule has 1 aromatic carbocycles. The molecule has 3 aromatic rings. The van der Waals surface area contributed by atoms with Gasteiger partial charge in [0.25, 0.3) is 0 Å². The quantitative estimate of drug-likeness (QED) is 0.529. The first-order chi connectivity index (χ1) is 10.3. The molecule has 0 fully saturated rings. The summed E-state index contributed by atoms with van der Waals surface area (Å²) in [5.74, 6) is 0. The molecule has 0 saturated carbocycles. The van der Waals surface area contributed by atoms with Gasteiger partial charge >= 0.3 is 134 Å². The molecule has 4 rings (SSSR count). The van der Waals surface area contributed by atoms with Crippen LogP contribution in [0.1, 0.15) is 5.69 Å². The van der Waals surface area contributed by atoms with Gasteiger partial charge in [0.2, 0.25) is 0 Å². The van der Waals surface area contributed by atoms with Crippen LogP contribution in [0.25, 0.3) is 5.65 Å². The van der Waals surface area contributed by atoms with E-state index in [2.05, 4.69) is 39.1 Å². The second-order valence-corrected chi connectivity index (χ2v) is 6.40. The Kier molecular flexibility index (Phi) is 3.21. The summed E-state index contributed by atoms with van der Waals surface area (Å²) in [6, 6.07) is 6.02. The van der Waals surface area contributed by atoms with E-state index < -0.39 is 0 Å². The molecule has 0 saturated heterocycles. The number of aromatic nitrogens is 3. The van der Waals surface area contributed by atoms with E-state index in [-0.39, 0.29) is 14.6 Å². The molecular weight excluding hydrogens is 399 g/mol. The fraction of sp³-hybridized carbons (Fsp3) is 0.0769. The fourth-order valence-corrected chi connectivity index (χ4v) is 3.64. The topological polar surface area (TPSA) is 66.9 Å². The van der Waals surface area contributed by atoms with E-state index >= 15 is 0 Å². The van der Waals surface area contributed by atoms with Gasteiger partial charge in [-0.1, -0.05) is 0 Å². The Morgan fingerprint density at radius 3 is 3.10 bits per heavy atom. The Hall–Kier alpha value is -1.76. The molecular formula is C13H9BrN6Se. The number of hydrogen-bond acceptors (Lipinski definition) is 5. The van der Waals surface area contributed by atoms with Crippen LogP contribution < -0.4 is 5.32 Å². The molecule has 2 aromatic heterocycles. The molecule has 3 heterocycles. The molecule has 0 radical (unpaired) electrons. The van der Waals surface area contributed by atoms with E-state index in [0.717, 1.165) is 33.0 Å². The molecule has 8 heteroatoms. The molecule has 1 N–H and O–H groups in total. The summed E-state index contributed by atoms with van der Waals surface area (Å²) in [5.41, 5.74) is 4.85. The molecule has 0 bridgehead atoms. The average Bonchev–Trinajstić information content (AvgIpc) is 3.11. The summed E-state index contributed by atoms with van der Waals surface area (Å²) in [5, 5.41) is 3.42. The fourth-order valence-electron chi connectivity index (χ4n) is 2.18. The SMILES string of the molecule is Brc1cn2c(CNc3cccc4c3N=[Se]=N4)cnc2cn1. The van der Waals surface area contributed by atoms with Crippen LogP contribution in [0.3, 0.4) is 0 Å². The van der Waals surface area contributed by atoms with E-state index in [1.54, 1.807) is 6.20 Å². The van der Waals surface area contributed by atoms with Gasteiger partial charge in [-0.05, 0) is 0 Å². The van der Waals surface area contributed by atoms with E-state index in [1.807, 2.05) is 35.0 Å². The maximum atomic E-state index is 4.47. The second-order valence-electron chi connectivity index (χ2n) is 4.48. The number of imidazole rings is 1. The summed E-state index contributed by atoms with van der Waals surface area (Å²) >= 11 is 3.37. The van der Waals surface area contributed by atoms with E-state index in [0.29, 0.717) is 6.54 Å². The average molecular weight is 408 g/mol. The van der Waals surface area contributed by atoms with Gasteiger partial charge in [0.15, 0.2) is 0 Å². The number of nitrogens with zero attached hydrogens (tertiary/aromatic N) is 5. The summed E-state index contributed by atoms with van der Waals surface area (Å²) in [6.45, 7) is 0.663. The molecule has 1 aliphatic heterocycles. The summed E-state index contributed by atoms with van der Waals surface area (Å²) in [4.78, 5) is 8.52. The first-order valence-electron chi connectivity index (χ1n) is 6.24. The van der Waals surface area contributed by atoms with Crippen molar-refractivity contribution in [3.05, 3.63) is 47.1 Å². The van der Waals surface area contributed by atoms with Crippen molar-refractivity contribution < 1.29 is 0 Å². The third-order valence-corrected chi connectivity index (χ3v) is 4.73. The predicted octanol–water partition coefficient (Wildman–Crippen LogP) is 3.45. The summed E-state index contributed by atoms with van der Waals surface area (Å²) in [7, 11) is 0. The van der Waals surface area contributed by atoms with Crippen molar-refractivity contribution >= 4 is 53.2 Å². The van der Waals surface area contributed by atoms with Crippen molar-refractivity contribution in [1.29, 1.82) is 0 Å². The van der Waals surface area contributed by atoms with Gasteiger partial charge in [-0.2, -0.15) is 0 Å². The Morgan fingerprint density at radius 2 is 2.14 bits per heavy atom. The van der Waals surface area contributed by atoms with Crippen LogP contribution >= 0.6 is 15.9 Å². The summed E-state index contributed by atoms with van der Waals surface area (Å²) in [6.07, 6.45) is 5.51. The van der Waals surface area contributed by atoms with E-state index in [9.17, 15) is 0 Å². The van der Waals surface area contributed by atoms with Crippen LogP contribution in [0.4, 0.5) is 17.1 Å². The number of hydrogen-bond donors (Lipinski definition) is 1. The van der Waals surface area contributed by atoms with Gasteiger partial charge in [-0.3, -0.25) is 0 Å². The molecule has 0 aliphatic carbocycles. The van der Waals surface area contributed by atoms with Crippen molar-refractivity contribution in [3.8, 4) is 0 Å². The van der Waals surface area contributed by atoms with Crippen molar-refractivity contribution in [2.75, 3.05) is 5.32 Å². The predicted molar refractivity (Wildman–Crippen MR) is 84.4 cm³/mol. The number of halogens is 1. The number of nitrogens with one attached hydrogen (secondary N) is 1. The monoisotopic (exact) mass is 408 g/mol. The van der Waals surface area contributed by atoms with E-state index in [4.69, 9.17) is 0 Å². The molecule has 0 unspecified atom stereocenters. The number of anilines is 1. The molecule has 104 valence electrons. The first-order valence-corrected chi connectivity index (χ1v) is 8.56. The van der Waals surface area contributed by atoms with Crippen LogP contribution in [0.2, 0.25) is 0 Å². The van der Waals surface area contributed by atoms with Crippen molar-refractivity contribution in [2.24, 2.45) is 7.92 Å². The van der Waals surface area contributed by atoms with Crippen molar-refractivity contribution in [3.63, 3.8) is 0 Å². The Morgan fingerprint density at radius 1 is 1.19 bits per heavy atom. The normalized spacial score (nSPS) is 12.4. The Balaban J connectivity index is 1.63. The van der Waals surface area contributed by atoms with Gasteiger partial charge < -0.3 is 0 Å². The van der Waals surface area contributed by atoms with Crippen molar-refractivity contribution in [1.82, 2.24) is 14.4 Å². The van der Waals surface area contributed by atoms with Crippen LogP contribution in [-0.4, -0.2) is 28.9 Å². The standard InChI is InChI=1S/C13H9BrN6Se/c14-11-7-20-8(5-17-12(20)6-16-11)4-15-9-2-1-3-10-13(9)19-21-18-10/h1-3,5-7,15H,4H2. The number of fused-ring (bicyclic) bond motifs is 2. The summed E-state index contributed by atoms with van der Waals surface area (Å²) < 4.78 is 11.7. The molecule has 0 amide bonds. The van der Waals surface area contributed by atoms with Crippen LogP contribution in [0, 0.1) is 0 Å². The van der Waals surface area contributed by atoms with Gasteiger partial charge in [-0.25, -0.2) is 0 Å².